The molecule has 1 aromatic rings. The second-order valence-corrected chi connectivity index (χ2v) is 5.40. The Balaban J connectivity index is 2.35. The molecule has 0 amide bonds. The van der Waals surface area contributed by atoms with Gasteiger partial charge in [0.1, 0.15) is 5.82 Å². The summed E-state index contributed by atoms with van der Waals surface area (Å²) in [6, 6.07) is 6.43. The third kappa shape index (κ3) is 9.15. The number of nitrogens with zero attached hydrogens (tertiary/aromatic N) is 2. The van der Waals surface area contributed by atoms with Gasteiger partial charge in [0.05, 0.1) is 6.54 Å². The first-order valence-electron chi connectivity index (χ1n) is 8.09. The Morgan fingerprint density at radius 1 is 1.22 bits per heavy atom. The summed E-state index contributed by atoms with van der Waals surface area (Å²) in [5, 5.41) is 6.53. The fourth-order valence-electron chi connectivity index (χ4n) is 2.06. The third-order valence-electron chi connectivity index (χ3n) is 3.35. The third-order valence-corrected chi connectivity index (χ3v) is 3.35. The number of nitrogens with one attached hydrogen (secondary N) is 2. The largest absolute Gasteiger partial charge is 0.385 e. The number of guanidine groups is 1. The van der Waals surface area contributed by atoms with E-state index in [0.717, 1.165) is 50.7 Å². The molecule has 2 N–H and O–H groups in total. The number of halogens is 1. The van der Waals surface area contributed by atoms with Gasteiger partial charge in [0.25, 0.3) is 0 Å². The molecular weight excluding hydrogens is 295 g/mol. The highest BCUT2D eigenvalue weighted by atomic mass is 19.1. The predicted octanol–water partition coefficient (Wildman–Crippen LogP) is 1.85. The van der Waals surface area contributed by atoms with E-state index >= 15 is 0 Å². The SMILES string of the molecule is CCNC(=NCc1ccc(F)cc1)NCCN(C)CCCOC. The molecule has 0 aliphatic carbocycles. The Labute approximate surface area is 138 Å². The number of ether oxygens (including phenoxy) is 1. The monoisotopic (exact) mass is 324 g/mol. The van der Waals surface area contributed by atoms with Crippen LogP contribution in [0.3, 0.4) is 0 Å². The molecule has 0 heterocycles. The molecule has 0 saturated heterocycles. The first-order valence-corrected chi connectivity index (χ1v) is 8.09. The Kier molecular flexibility index (Phi) is 9.99. The lowest BCUT2D eigenvalue weighted by atomic mass is 10.2. The maximum absolute atomic E-state index is 12.9. The van der Waals surface area contributed by atoms with Gasteiger partial charge < -0.3 is 20.3 Å². The van der Waals surface area contributed by atoms with Gasteiger partial charge in [-0.05, 0) is 38.1 Å². The zero-order chi connectivity index (χ0) is 16.9. The highest BCUT2D eigenvalue weighted by Crippen LogP contribution is 2.03. The maximum Gasteiger partial charge on any atom is 0.191 e. The second kappa shape index (κ2) is 11.8. The van der Waals surface area contributed by atoms with Crippen LogP contribution < -0.4 is 10.6 Å². The summed E-state index contributed by atoms with van der Waals surface area (Å²) < 4.78 is 17.9. The van der Waals surface area contributed by atoms with E-state index in [9.17, 15) is 4.39 Å². The highest BCUT2D eigenvalue weighted by Gasteiger charge is 2.01. The number of aliphatic imine (C=N–C) groups is 1. The minimum Gasteiger partial charge on any atom is -0.385 e. The lowest BCUT2D eigenvalue weighted by Gasteiger charge is -2.18. The summed E-state index contributed by atoms with van der Waals surface area (Å²) in [5.74, 6) is 0.557. The molecule has 0 spiro atoms. The van der Waals surface area contributed by atoms with Crippen LogP contribution in [-0.4, -0.2) is 57.8 Å². The van der Waals surface area contributed by atoms with Crippen molar-refractivity contribution < 1.29 is 9.13 Å². The van der Waals surface area contributed by atoms with E-state index < -0.39 is 0 Å². The molecule has 0 aliphatic heterocycles. The predicted molar refractivity (Wildman–Crippen MR) is 93.2 cm³/mol. The number of benzene rings is 1. The van der Waals surface area contributed by atoms with Gasteiger partial charge >= 0.3 is 0 Å². The molecule has 5 nitrogen and oxygen atoms in total. The Hall–Kier alpha value is -1.66. The number of hydrogen-bond donors (Lipinski definition) is 2. The minimum absolute atomic E-state index is 0.223. The van der Waals surface area contributed by atoms with Gasteiger partial charge in [0.2, 0.25) is 0 Å². The van der Waals surface area contributed by atoms with Crippen LogP contribution in [0, 0.1) is 5.82 Å². The molecule has 0 radical (unpaired) electrons. The van der Waals surface area contributed by atoms with E-state index in [1.807, 2.05) is 6.92 Å². The van der Waals surface area contributed by atoms with Crippen molar-refractivity contribution in [1.29, 1.82) is 0 Å². The zero-order valence-electron chi connectivity index (χ0n) is 14.4. The van der Waals surface area contributed by atoms with Crippen LogP contribution in [0.4, 0.5) is 4.39 Å². The maximum atomic E-state index is 12.9. The van der Waals surface area contributed by atoms with Crippen LogP contribution in [0.15, 0.2) is 29.3 Å². The lowest BCUT2D eigenvalue weighted by molar-refractivity contribution is 0.180. The van der Waals surface area contributed by atoms with Crippen LogP contribution in [0.5, 0.6) is 0 Å². The van der Waals surface area contributed by atoms with Crippen LogP contribution in [0.2, 0.25) is 0 Å². The Morgan fingerprint density at radius 2 is 1.96 bits per heavy atom. The Morgan fingerprint density at radius 3 is 2.61 bits per heavy atom. The molecule has 0 aromatic heterocycles. The number of likely N-dealkylation sites (N-methyl/N-ethyl adjacent to an activating group) is 1. The summed E-state index contributed by atoms with van der Waals surface area (Å²) >= 11 is 0. The van der Waals surface area contributed by atoms with Gasteiger partial charge in [-0.1, -0.05) is 12.1 Å². The summed E-state index contributed by atoms with van der Waals surface area (Å²) in [7, 11) is 3.82. The van der Waals surface area contributed by atoms with Gasteiger partial charge in [-0.3, -0.25) is 0 Å². The van der Waals surface area contributed by atoms with Crippen molar-refractivity contribution >= 4 is 5.96 Å². The molecule has 1 rings (SSSR count). The molecule has 6 heteroatoms. The van der Waals surface area contributed by atoms with E-state index in [1.54, 1.807) is 19.2 Å². The fraction of sp³-hybridized carbons (Fsp3) is 0.588. The standard InChI is InChI=1S/C17H29FN4O/c1-4-19-17(20-10-12-22(2)11-5-13-23-3)21-14-15-6-8-16(18)9-7-15/h6-9H,4-5,10-14H2,1-3H3,(H2,19,20,21). The van der Waals surface area contributed by atoms with Gasteiger partial charge in [-0.25, -0.2) is 9.38 Å². The van der Waals surface area contributed by atoms with Crippen molar-refractivity contribution in [2.24, 2.45) is 4.99 Å². The van der Waals surface area contributed by atoms with E-state index in [-0.39, 0.29) is 5.82 Å². The normalized spacial score (nSPS) is 11.8. The van der Waals surface area contributed by atoms with E-state index in [0.29, 0.717) is 6.54 Å². The van der Waals surface area contributed by atoms with Crippen LogP contribution in [-0.2, 0) is 11.3 Å². The van der Waals surface area contributed by atoms with Crippen molar-refractivity contribution in [3.05, 3.63) is 35.6 Å². The van der Waals surface area contributed by atoms with E-state index in [1.165, 1.54) is 12.1 Å². The lowest BCUT2D eigenvalue weighted by Crippen LogP contribution is -2.41. The molecular formula is C17H29FN4O. The van der Waals surface area contributed by atoms with Crippen molar-refractivity contribution in [3.63, 3.8) is 0 Å². The van der Waals surface area contributed by atoms with Gasteiger partial charge in [0.15, 0.2) is 5.96 Å². The quantitative estimate of drug-likeness (QED) is 0.392. The first-order chi connectivity index (χ1) is 11.2. The average Bonchev–Trinajstić information content (AvgIpc) is 2.54. The summed E-state index contributed by atoms with van der Waals surface area (Å²) in [6.45, 7) is 6.92. The minimum atomic E-state index is -0.223. The average molecular weight is 324 g/mol. The molecule has 0 unspecified atom stereocenters. The molecule has 0 atom stereocenters. The van der Waals surface area contributed by atoms with Crippen molar-refractivity contribution in [3.8, 4) is 0 Å². The molecule has 0 aliphatic rings. The number of rotatable bonds is 10. The van der Waals surface area contributed by atoms with Gasteiger partial charge in [-0.15, -0.1) is 0 Å². The number of methoxy groups -OCH3 is 1. The summed E-state index contributed by atoms with van der Waals surface area (Å²) in [4.78, 5) is 6.78. The number of hydrogen-bond acceptors (Lipinski definition) is 3. The topological polar surface area (TPSA) is 48.9 Å². The van der Waals surface area contributed by atoms with E-state index in [2.05, 4.69) is 27.6 Å². The fourth-order valence-corrected chi connectivity index (χ4v) is 2.06. The van der Waals surface area contributed by atoms with Crippen LogP contribution >= 0.6 is 0 Å². The van der Waals surface area contributed by atoms with Gasteiger partial charge in [-0.2, -0.15) is 0 Å². The molecule has 130 valence electrons. The smallest absolute Gasteiger partial charge is 0.191 e. The molecule has 1 aromatic carbocycles. The van der Waals surface area contributed by atoms with E-state index in [4.69, 9.17) is 4.74 Å². The van der Waals surface area contributed by atoms with Crippen molar-refractivity contribution in [2.75, 3.05) is 46.9 Å². The summed E-state index contributed by atoms with van der Waals surface area (Å²) in [5.41, 5.74) is 0.986. The molecule has 0 fully saturated rings. The van der Waals surface area contributed by atoms with Crippen LogP contribution in [0.25, 0.3) is 0 Å². The first kappa shape index (κ1) is 19.4. The Bertz CT molecular complexity index is 450. The van der Waals surface area contributed by atoms with Crippen LogP contribution in [0.1, 0.15) is 18.9 Å². The molecule has 0 saturated carbocycles. The zero-order valence-corrected chi connectivity index (χ0v) is 14.4. The van der Waals surface area contributed by atoms with Gasteiger partial charge in [0, 0.05) is 39.9 Å². The highest BCUT2D eigenvalue weighted by molar-refractivity contribution is 5.79. The molecule has 0 bridgehead atoms. The molecule has 23 heavy (non-hydrogen) atoms. The van der Waals surface area contributed by atoms with Crippen molar-refractivity contribution in [1.82, 2.24) is 15.5 Å². The summed E-state index contributed by atoms with van der Waals surface area (Å²) in [6.07, 6.45) is 1.03. The second-order valence-electron chi connectivity index (χ2n) is 5.40. The van der Waals surface area contributed by atoms with Crippen molar-refractivity contribution in [2.45, 2.75) is 19.9 Å².